The van der Waals surface area contributed by atoms with E-state index < -0.39 is 5.41 Å². The fraction of sp³-hybridized carbons (Fsp3) is 0.0635. The summed E-state index contributed by atoms with van der Waals surface area (Å²) in [5.74, 6) is 0. The second-order valence-electron chi connectivity index (χ2n) is 17.8. The summed E-state index contributed by atoms with van der Waals surface area (Å²) >= 11 is 0. The first kappa shape index (κ1) is 37.9. The summed E-state index contributed by atoms with van der Waals surface area (Å²) in [7, 11) is 0. The predicted octanol–water partition coefficient (Wildman–Crippen LogP) is 16.1. The number of fused-ring (bicyclic) bond motifs is 9. The third kappa shape index (κ3) is 5.89. The average Bonchev–Trinajstić information content (AvgIpc) is 3.67. The molecule has 0 fully saturated rings. The summed E-state index contributed by atoms with van der Waals surface area (Å²) in [5, 5.41) is 0. The fourth-order valence-corrected chi connectivity index (χ4v) is 10.9. The highest BCUT2D eigenvalue weighted by molar-refractivity contribution is 5.98. The zero-order chi connectivity index (χ0) is 42.8. The average molecular weight is 816 g/mol. The lowest BCUT2D eigenvalue weighted by Gasteiger charge is -2.46. The van der Waals surface area contributed by atoms with E-state index in [-0.39, 0.29) is 5.41 Å². The van der Waals surface area contributed by atoms with Crippen molar-refractivity contribution in [3.05, 3.63) is 270 Å². The molecule has 0 unspecified atom stereocenters. The van der Waals surface area contributed by atoms with Crippen molar-refractivity contribution in [1.82, 2.24) is 4.98 Å². The number of aromatic nitrogens is 1. The van der Waals surface area contributed by atoms with Crippen LogP contribution in [-0.4, -0.2) is 4.98 Å². The molecule has 1 nitrogen and oxygen atoms in total. The molecule has 12 rings (SSSR count). The number of hydrogen-bond acceptors (Lipinski definition) is 1. The standard InChI is InChI=1S/C63H45N/c1-62(2)54-27-12-14-29-56(54)63(57-30-15-13-28-55(57)62)53-37-36-49(44-34-32-43(33-35-44)48-25-16-24-47(38-48)42-18-6-3-7-19-42)39-52(53)61-51(26-17-31-58(61)63)50-40-59(45-20-8-4-9-21-45)64-60(41-50)46-22-10-5-11-23-46/h3-41H,1-2H3. The number of pyridine rings is 1. The number of hydrogen-bond donors (Lipinski definition) is 0. The van der Waals surface area contributed by atoms with Gasteiger partial charge in [-0.15, -0.1) is 0 Å². The number of nitrogens with zero attached hydrogens (tertiary/aromatic N) is 1. The fourth-order valence-electron chi connectivity index (χ4n) is 10.9. The molecule has 302 valence electrons. The zero-order valence-electron chi connectivity index (χ0n) is 36.0. The third-order valence-electron chi connectivity index (χ3n) is 14.0. The van der Waals surface area contributed by atoms with Gasteiger partial charge in [-0.1, -0.05) is 226 Å². The molecule has 0 saturated carbocycles. The first-order valence-electron chi connectivity index (χ1n) is 22.4. The smallest absolute Gasteiger partial charge is 0.0719 e. The molecular weight excluding hydrogens is 771 g/mol. The van der Waals surface area contributed by atoms with Crippen LogP contribution in [0.4, 0.5) is 0 Å². The molecule has 64 heavy (non-hydrogen) atoms. The van der Waals surface area contributed by atoms with E-state index >= 15 is 0 Å². The van der Waals surface area contributed by atoms with Crippen molar-refractivity contribution in [3.8, 4) is 78.1 Å². The molecule has 2 aliphatic carbocycles. The number of rotatable bonds is 6. The Balaban J connectivity index is 1.09. The Bertz CT molecular complexity index is 3270. The first-order valence-corrected chi connectivity index (χ1v) is 22.4. The van der Waals surface area contributed by atoms with E-state index in [0.717, 1.165) is 28.1 Å². The Morgan fingerprint density at radius 2 is 0.672 bits per heavy atom. The van der Waals surface area contributed by atoms with Gasteiger partial charge in [-0.25, -0.2) is 4.98 Å². The molecule has 0 radical (unpaired) electrons. The molecule has 10 aromatic rings. The maximum atomic E-state index is 5.30. The van der Waals surface area contributed by atoms with Crippen LogP contribution in [0, 0.1) is 0 Å². The van der Waals surface area contributed by atoms with Gasteiger partial charge in [0.1, 0.15) is 0 Å². The minimum absolute atomic E-state index is 0.179. The Morgan fingerprint density at radius 3 is 1.22 bits per heavy atom. The van der Waals surface area contributed by atoms with Crippen molar-refractivity contribution >= 4 is 0 Å². The Labute approximate surface area is 376 Å². The van der Waals surface area contributed by atoms with Gasteiger partial charge >= 0.3 is 0 Å². The minimum Gasteiger partial charge on any atom is -0.248 e. The Kier molecular flexibility index (Phi) is 8.81. The molecule has 0 atom stereocenters. The summed E-state index contributed by atoms with van der Waals surface area (Å²) in [5.41, 5.74) is 23.7. The van der Waals surface area contributed by atoms with Gasteiger partial charge in [0.25, 0.3) is 0 Å². The Hall–Kier alpha value is -7.87. The van der Waals surface area contributed by atoms with Gasteiger partial charge in [0.2, 0.25) is 0 Å². The van der Waals surface area contributed by atoms with Crippen molar-refractivity contribution < 1.29 is 0 Å². The van der Waals surface area contributed by atoms with Gasteiger partial charge < -0.3 is 0 Å². The quantitative estimate of drug-likeness (QED) is 0.163. The molecule has 0 bridgehead atoms. The lowest BCUT2D eigenvalue weighted by Crippen LogP contribution is -2.40. The normalized spacial score (nSPS) is 13.7. The van der Waals surface area contributed by atoms with E-state index in [2.05, 4.69) is 250 Å². The van der Waals surface area contributed by atoms with Crippen molar-refractivity contribution in [2.45, 2.75) is 24.7 Å². The SMILES string of the molecule is CC1(C)c2ccccc2C2(c3ccc(-c4ccc(-c5cccc(-c6ccccc6)c5)cc4)cc3-c3c(-c4cc(-c5ccccc5)nc(-c5ccccc5)c4)cccc32)c2ccccc21. The second kappa shape index (κ2) is 14.9. The minimum atomic E-state index is -0.521. The molecule has 0 amide bonds. The summed E-state index contributed by atoms with van der Waals surface area (Å²) in [6, 6.07) is 87.1. The van der Waals surface area contributed by atoms with E-state index in [1.54, 1.807) is 0 Å². The monoisotopic (exact) mass is 815 g/mol. The molecule has 0 saturated heterocycles. The zero-order valence-corrected chi connectivity index (χ0v) is 36.0. The van der Waals surface area contributed by atoms with Crippen LogP contribution in [-0.2, 0) is 10.8 Å². The van der Waals surface area contributed by atoms with Gasteiger partial charge in [-0.3, -0.25) is 0 Å². The molecule has 1 spiro atoms. The molecule has 1 heterocycles. The molecule has 0 aliphatic heterocycles. The van der Waals surface area contributed by atoms with Gasteiger partial charge in [0, 0.05) is 16.5 Å². The molecule has 1 heteroatoms. The van der Waals surface area contributed by atoms with Crippen LogP contribution in [0.15, 0.2) is 237 Å². The Morgan fingerprint density at radius 1 is 0.266 bits per heavy atom. The summed E-state index contributed by atoms with van der Waals surface area (Å²) in [6.07, 6.45) is 0. The highest BCUT2D eigenvalue weighted by Gasteiger charge is 2.53. The van der Waals surface area contributed by atoms with Crippen LogP contribution >= 0.6 is 0 Å². The molecule has 1 aromatic heterocycles. The maximum absolute atomic E-state index is 5.30. The van der Waals surface area contributed by atoms with Crippen LogP contribution in [0.1, 0.15) is 47.2 Å². The van der Waals surface area contributed by atoms with Crippen LogP contribution in [0.3, 0.4) is 0 Å². The van der Waals surface area contributed by atoms with Crippen LogP contribution in [0.25, 0.3) is 78.1 Å². The predicted molar refractivity (Wildman–Crippen MR) is 266 cm³/mol. The summed E-state index contributed by atoms with van der Waals surface area (Å²) in [6.45, 7) is 4.78. The van der Waals surface area contributed by atoms with Gasteiger partial charge in [0.05, 0.1) is 16.8 Å². The maximum Gasteiger partial charge on any atom is 0.0719 e. The summed E-state index contributed by atoms with van der Waals surface area (Å²) < 4.78 is 0. The molecule has 2 aliphatic rings. The van der Waals surface area contributed by atoms with Crippen molar-refractivity contribution in [1.29, 1.82) is 0 Å². The van der Waals surface area contributed by atoms with Crippen molar-refractivity contribution in [2.24, 2.45) is 0 Å². The molecule has 9 aromatic carbocycles. The lowest BCUT2D eigenvalue weighted by atomic mass is 9.55. The van der Waals surface area contributed by atoms with E-state index in [1.165, 1.54) is 83.5 Å². The van der Waals surface area contributed by atoms with Crippen LogP contribution in [0.2, 0.25) is 0 Å². The highest BCUT2D eigenvalue weighted by atomic mass is 14.7. The second-order valence-corrected chi connectivity index (χ2v) is 17.8. The molecular formula is C63H45N. The van der Waals surface area contributed by atoms with E-state index in [0.29, 0.717) is 0 Å². The summed E-state index contributed by atoms with van der Waals surface area (Å²) in [4.78, 5) is 5.30. The van der Waals surface area contributed by atoms with Crippen molar-refractivity contribution in [3.63, 3.8) is 0 Å². The van der Waals surface area contributed by atoms with Gasteiger partial charge in [-0.05, 0) is 113 Å². The number of benzene rings is 9. The lowest BCUT2D eigenvalue weighted by molar-refractivity contribution is 0.563. The van der Waals surface area contributed by atoms with Crippen molar-refractivity contribution in [2.75, 3.05) is 0 Å². The highest BCUT2D eigenvalue weighted by Crippen LogP contribution is 2.63. The topological polar surface area (TPSA) is 12.9 Å². The first-order chi connectivity index (χ1) is 31.5. The van der Waals surface area contributed by atoms with E-state index in [9.17, 15) is 0 Å². The van der Waals surface area contributed by atoms with Crippen LogP contribution < -0.4 is 0 Å². The van der Waals surface area contributed by atoms with E-state index in [1.807, 2.05) is 0 Å². The van der Waals surface area contributed by atoms with Gasteiger partial charge in [-0.2, -0.15) is 0 Å². The largest absolute Gasteiger partial charge is 0.248 e. The third-order valence-corrected chi connectivity index (χ3v) is 14.0. The van der Waals surface area contributed by atoms with E-state index in [4.69, 9.17) is 4.98 Å². The van der Waals surface area contributed by atoms with Crippen LogP contribution in [0.5, 0.6) is 0 Å². The van der Waals surface area contributed by atoms with Gasteiger partial charge in [0.15, 0.2) is 0 Å². The molecule has 0 N–H and O–H groups in total.